The molecule has 0 spiro atoms. The number of esters is 1. The summed E-state index contributed by atoms with van der Waals surface area (Å²) in [6, 6.07) is 9.35. The minimum absolute atomic E-state index is 0.107. The number of carbonyl (C=O) groups excluding carboxylic acids is 1. The molecule has 0 radical (unpaired) electrons. The lowest BCUT2D eigenvalue weighted by Crippen LogP contribution is -2.41. The molecule has 20 heavy (non-hydrogen) atoms. The van der Waals surface area contributed by atoms with Crippen molar-refractivity contribution in [3.8, 4) is 0 Å². The number of carbonyl (C=O) groups is 1. The van der Waals surface area contributed by atoms with E-state index in [1.54, 1.807) is 20.8 Å². The zero-order chi connectivity index (χ0) is 15.4. The summed E-state index contributed by atoms with van der Waals surface area (Å²) < 4.78 is 29.2. The van der Waals surface area contributed by atoms with E-state index in [0.29, 0.717) is 6.42 Å². The van der Waals surface area contributed by atoms with E-state index < -0.39 is 25.8 Å². The van der Waals surface area contributed by atoms with Crippen LogP contribution in [0.15, 0.2) is 30.3 Å². The van der Waals surface area contributed by atoms with Gasteiger partial charge in [0.1, 0.15) is 6.61 Å². The highest BCUT2D eigenvalue weighted by Gasteiger charge is 2.37. The van der Waals surface area contributed by atoms with Gasteiger partial charge in [0.2, 0.25) is 0 Å². The Balaban J connectivity index is 3.00. The largest absolute Gasteiger partial charge is 0.464 e. The maximum atomic E-state index is 12.6. The van der Waals surface area contributed by atoms with Crippen molar-refractivity contribution < 1.29 is 17.9 Å². The second kappa shape index (κ2) is 6.39. The maximum absolute atomic E-state index is 12.6. The molecule has 0 amide bonds. The molecule has 5 heteroatoms. The highest BCUT2D eigenvalue weighted by Crippen LogP contribution is 2.23. The van der Waals surface area contributed by atoms with Crippen LogP contribution in [0, 0.1) is 0 Å². The van der Waals surface area contributed by atoms with Gasteiger partial charge < -0.3 is 4.74 Å². The molecule has 1 rings (SSSR count). The number of ether oxygens (including phenoxy) is 1. The van der Waals surface area contributed by atoms with Gasteiger partial charge in [0.25, 0.3) is 0 Å². The summed E-state index contributed by atoms with van der Waals surface area (Å²) >= 11 is 0. The topological polar surface area (TPSA) is 60.4 Å². The summed E-state index contributed by atoms with van der Waals surface area (Å²) in [5.74, 6) is -0.466. The van der Waals surface area contributed by atoms with Crippen LogP contribution in [0.1, 0.15) is 33.3 Å². The Kier molecular flexibility index (Phi) is 5.34. The van der Waals surface area contributed by atoms with E-state index in [9.17, 15) is 13.2 Å². The molecule has 0 fully saturated rings. The maximum Gasteiger partial charge on any atom is 0.302 e. The van der Waals surface area contributed by atoms with Gasteiger partial charge in [0.05, 0.1) is 10.00 Å². The minimum Gasteiger partial charge on any atom is -0.464 e. The van der Waals surface area contributed by atoms with E-state index in [-0.39, 0.29) is 6.61 Å². The third-order valence-electron chi connectivity index (χ3n) is 3.07. The standard InChI is InChI=1S/C15H22O4S/c1-12(16)19-11-14(20(17,18)15(2,3)4)10-13-8-6-5-7-9-13/h5-9,14H,10-11H2,1-4H3/t14-/m1/s1. The van der Waals surface area contributed by atoms with Gasteiger partial charge >= 0.3 is 5.97 Å². The Labute approximate surface area is 121 Å². The predicted molar refractivity (Wildman–Crippen MR) is 79.2 cm³/mol. The summed E-state index contributed by atoms with van der Waals surface area (Å²) in [7, 11) is -3.41. The summed E-state index contributed by atoms with van der Waals surface area (Å²) in [6.45, 7) is 6.16. The van der Waals surface area contributed by atoms with Crippen LogP contribution in [0.2, 0.25) is 0 Å². The fourth-order valence-electron chi connectivity index (χ4n) is 1.85. The lowest BCUT2D eigenvalue weighted by atomic mass is 10.1. The molecule has 4 nitrogen and oxygen atoms in total. The van der Waals surface area contributed by atoms with Gasteiger partial charge in [0, 0.05) is 6.92 Å². The fraction of sp³-hybridized carbons (Fsp3) is 0.533. The average molecular weight is 298 g/mol. The van der Waals surface area contributed by atoms with Crippen molar-refractivity contribution in [1.29, 1.82) is 0 Å². The third kappa shape index (κ3) is 4.34. The van der Waals surface area contributed by atoms with Gasteiger partial charge in [-0.15, -0.1) is 0 Å². The second-order valence-corrected chi connectivity index (χ2v) is 8.75. The van der Waals surface area contributed by atoms with Crippen molar-refractivity contribution in [3.05, 3.63) is 35.9 Å². The summed E-state index contributed by atoms with van der Waals surface area (Å²) in [5, 5.41) is -0.728. The molecule has 0 aliphatic carbocycles. The first-order chi connectivity index (χ1) is 9.14. The van der Waals surface area contributed by atoms with Gasteiger partial charge in [-0.05, 0) is 32.8 Å². The number of hydrogen-bond acceptors (Lipinski definition) is 4. The minimum atomic E-state index is -3.41. The van der Waals surface area contributed by atoms with Crippen LogP contribution in [0.25, 0.3) is 0 Å². The average Bonchev–Trinajstić information content (AvgIpc) is 2.33. The first kappa shape index (κ1) is 16.7. The zero-order valence-electron chi connectivity index (χ0n) is 12.4. The molecular formula is C15H22O4S. The highest BCUT2D eigenvalue weighted by molar-refractivity contribution is 7.93. The Bertz CT molecular complexity index is 541. The Morgan fingerprint density at radius 1 is 1.20 bits per heavy atom. The van der Waals surface area contributed by atoms with Crippen molar-refractivity contribution >= 4 is 15.8 Å². The van der Waals surface area contributed by atoms with Crippen LogP contribution in [0.4, 0.5) is 0 Å². The zero-order valence-corrected chi connectivity index (χ0v) is 13.2. The van der Waals surface area contributed by atoms with Gasteiger partial charge in [0.15, 0.2) is 9.84 Å². The molecule has 0 bridgehead atoms. The first-order valence-corrected chi connectivity index (χ1v) is 8.10. The Morgan fingerprint density at radius 3 is 2.20 bits per heavy atom. The van der Waals surface area contributed by atoms with E-state index in [1.165, 1.54) is 6.92 Å². The molecular weight excluding hydrogens is 276 g/mol. The van der Waals surface area contributed by atoms with Crippen LogP contribution in [-0.2, 0) is 25.8 Å². The molecule has 0 saturated carbocycles. The molecule has 0 N–H and O–H groups in total. The van der Waals surface area contributed by atoms with E-state index in [2.05, 4.69) is 0 Å². The van der Waals surface area contributed by atoms with Crippen LogP contribution in [0.5, 0.6) is 0 Å². The lowest BCUT2D eigenvalue weighted by molar-refractivity contribution is -0.140. The monoisotopic (exact) mass is 298 g/mol. The molecule has 0 unspecified atom stereocenters. The lowest BCUT2D eigenvalue weighted by Gasteiger charge is -2.26. The Hall–Kier alpha value is -1.36. The molecule has 0 heterocycles. The SMILES string of the molecule is CC(=O)OC[C@@H](Cc1ccccc1)S(=O)(=O)C(C)(C)C. The number of hydrogen-bond donors (Lipinski definition) is 0. The van der Waals surface area contributed by atoms with Crippen molar-refractivity contribution in [2.75, 3.05) is 6.61 Å². The predicted octanol–water partition coefficient (Wildman–Crippen LogP) is 2.37. The van der Waals surface area contributed by atoms with Crippen LogP contribution in [-0.4, -0.2) is 31.0 Å². The van der Waals surface area contributed by atoms with E-state index in [0.717, 1.165) is 5.56 Å². The van der Waals surface area contributed by atoms with Crippen molar-refractivity contribution in [1.82, 2.24) is 0 Å². The van der Waals surface area contributed by atoms with E-state index >= 15 is 0 Å². The molecule has 0 aliphatic heterocycles. The molecule has 0 saturated heterocycles. The van der Waals surface area contributed by atoms with E-state index in [4.69, 9.17) is 4.74 Å². The Morgan fingerprint density at radius 2 is 1.75 bits per heavy atom. The van der Waals surface area contributed by atoms with Crippen LogP contribution >= 0.6 is 0 Å². The molecule has 1 aromatic rings. The van der Waals surface area contributed by atoms with Crippen molar-refractivity contribution in [2.24, 2.45) is 0 Å². The van der Waals surface area contributed by atoms with Crippen LogP contribution in [0.3, 0.4) is 0 Å². The van der Waals surface area contributed by atoms with Gasteiger partial charge in [-0.1, -0.05) is 30.3 Å². The highest BCUT2D eigenvalue weighted by atomic mass is 32.2. The number of benzene rings is 1. The van der Waals surface area contributed by atoms with Gasteiger partial charge in [-0.2, -0.15) is 0 Å². The molecule has 112 valence electrons. The molecule has 0 aliphatic rings. The second-order valence-electron chi connectivity index (χ2n) is 5.77. The summed E-state index contributed by atoms with van der Waals surface area (Å²) in [4.78, 5) is 11.0. The quantitative estimate of drug-likeness (QED) is 0.783. The smallest absolute Gasteiger partial charge is 0.302 e. The van der Waals surface area contributed by atoms with Crippen LogP contribution < -0.4 is 0 Å². The normalized spacial score (nSPS) is 13.8. The fourth-order valence-corrected chi connectivity index (χ4v) is 3.50. The van der Waals surface area contributed by atoms with Gasteiger partial charge in [-0.3, -0.25) is 4.79 Å². The van der Waals surface area contributed by atoms with E-state index in [1.807, 2.05) is 30.3 Å². The number of rotatable bonds is 5. The molecule has 1 atom stereocenters. The van der Waals surface area contributed by atoms with Crippen molar-refractivity contribution in [2.45, 2.75) is 44.1 Å². The molecule has 0 aromatic heterocycles. The van der Waals surface area contributed by atoms with Crippen molar-refractivity contribution in [3.63, 3.8) is 0 Å². The third-order valence-corrected chi connectivity index (χ3v) is 5.96. The first-order valence-electron chi connectivity index (χ1n) is 6.55. The number of sulfone groups is 1. The van der Waals surface area contributed by atoms with Gasteiger partial charge in [-0.25, -0.2) is 8.42 Å². The summed E-state index contributed by atoms with van der Waals surface area (Å²) in [6.07, 6.45) is 0.341. The molecule has 1 aromatic carbocycles. The summed E-state index contributed by atoms with van der Waals surface area (Å²) in [5.41, 5.74) is 0.914.